The second-order valence-corrected chi connectivity index (χ2v) is 11.1. The molecule has 2 unspecified atom stereocenters. The Morgan fingerprint density at radius 1 is 1.10 bits per heavy atom. The summed E-state index contributed by atoms with van der Waals surface area (Å²) in [6.07, 6.45) is 0.660. The second-order valence-electron chi connectivity index (χ2n) is 10.6. The topological polar surface area (TPSA) is 87.2 Å². The van der Waals surface area contributed by atoms with Gasteiger partial charge in [0.1, 0.15) is 0 Å². The van der Waals surface area contributed by atoms with Crippen LogP contribution in [-0.2, 0) is 9.59 Å². The highest BCUT2D eigenvalue weighted by Gasteiger charge is 2.38. The van der Waals surface area contributed by atoms with E-state index in [1.807, 2.05) is 31.2 Å². The number of carbonyl (C=O) groups is 3. The summed E-state index contributed by atoms with van der Waals surface area (Å²) in [7, 11) is 0. The Labute approximate surface area is 238 Å². The van der Waals surface area contributed by atoms with Crippen molar-refractivity contribution in [3.8, 4) is 5.75 Å². The van der Waals surface area contributed by atoms with Crippen molar-refractivity contribution in [2.75, 3.05) is 16.4 Å². The number of amides is 2. The first-order valence-corrected chi connectivity index (χ1v) is 13.4. The zero-order valence-electron chi connectivity index (χ0n) is 22.9. The molecule has 0 aromatic heterocycles. The Bertz CT molecular complexity index is 1430. The van der Waals surface area contributed by atoms with Gasteiger partial charge in [0, 0.05) is 34.9 Å². The first-order valence-electron chi connectivity index (χ1n) is 13.0. The minimum absolute atomic E-state index is 0.0156. The lowest BCUT2D eigenvalue weighted by Gasteiger charge is -2.43. The van der Waals surface area contributed by atoms with Crippen LogP contribution in [0.15, 0.2) is 66.7 Å². The third kappa shape index (κ3) is 5.97. The number of ether oxygens (including phenoxy) is 1. The Kier molecular flexibility index (Phi) is 8.49. The molecule has 0 saturated heterocycles. The minimum Gasteiger partial charge on any atom is -0.490 e. The molecule has 1 N–H and O–H groups in total. The van der Waals surface area contributed by atoms with E-state index in [4.69, 9.17) is 16.3 Å². The monoisotopic (exact) mass is 566 g/mol. The number of anilines is 2. The van der Waals surface area contributed by atoms with Crippen LogP contribution in [0, 0.1) is 11.2 Å². The molecular weight excluding hydrogens is 535 g/mol. The average Bonchev–Trinajstić information content (AvgIpc) is 2.90. The van der Waals surface area contributed by atoms with E-state index >= 15 is 0 Å². The van der Waals surface area contributed by atoms with E-state index in [-0.39, 0.29) is 48.2 Å². The van der Waals surface area contributed by atoms with E-state index < -0.39 is 17.2 Å². The number of para-hydroxylation sites is 1. The highest BCUT2D eigenvalue weighted by atomic mass is 35.5. The number of hydrogen-bond donors (Lipinski definition) is 1. The smallest absolute Gasteiger partial charge is 0.309 e. The maximum Gasteiger partial charge on any atom is 0.309 e. The van der Waals surface area contributed by atoms with Crippen LogP contribution in [0.25, 0.3) is 0 Å². The molecule has 1 aliphatic heterocycles. The third-order valence-electron chi connectivity index (χ3n) is 7.28. The van der Waals surface area contributed by atoms with Crippen molar-refractivity contribution in [1.82, 2.24) is 0 Å². The number of carbonyl (C=O) groups excluding carboxylic acids is 2. The molecule has 3 aromatic carbocycles. The number of aliphatic carboxylic acids is 1. The molecule has 0 radical (unpaired) electrons. The molecule has 1 aliphatic rings. The number of carboxylic acid groups (broad SMARTS) is 1. The number of hydrogen-bond acceptors (Lipinski definition) is 4. The van der Waals surface area contributed by atoms with Gasteiger partial charge in [0.15, 0.2) is 11.6 Å². The fourth-order valence-corrected chi connectivity index (χ4v) is 5.06. The van der Waals surface area contributed by atoms with Crippen molar-refractivity contribution < 1.29 is 28.6 Å². The fraction of sp³-hybridized carbons (Fsp3) is 0.323. The molecule has 7 nitrogen and oxygen atoms in total. The summed E-state index contributed by atoms with van der Waals surface area (Å²) in [6.45, 7) is 6.57. The summed E-state index contributed by atoms with van der Waals surface area (Å²) < 4.78 is 20.4. The maximum atomic E-state index is 15.0. The van der Waals surface area contributed by atoms with Crippen molar-refractivity contribution in [2.45, 2.75) is 52.6 Å². The van der Waals surface area contributed by atoms with Crippen LogP contribution < -0.4 is 14.5 Å². The first-order chi connectivity index (χ1) is 18.9. The Morgan fingerprint density at radius 3 is 2.40 bits per heavy atom. The van der Waals surface area contributed by atoms with Crippen molar-refractivity contribution >= 4 is 40.8 Å². The van der Waals surface area contributed by atoms with Gasteiger partial charge in [-0.1, -0.05) is 29.8 Å². The number of rotatable bonds is 8. The number of halogens is 2. The normalized spacial score (nSPS) is 16.7. The molecular formula is C31H32ClFN2O5. The predicted octanol–water partition coefficient (Wildman–Crippen LogP) is 6.89. The van der Waals surface area contributed by atoms with Gasteiger partial charge in [0.2, 0.25) is 5.91 Å². The SMILES string of the molecule is CC(=O)N(c1ccc(Cl)cc1)C1CC(C)N(C(=O)c2ccc(OCCC(C)(C)C(=O)O)c(F)c2)c2ccccc21. The van der Waals surface area contributed by atoms with Gasteiger partial charge in [-0.25, -0.2) is 4.39 Å². The third-order valence-corrected chi connectivity index (χ3v) is 7.53. The standard InChI is InChI=1S/C31H32ClFN2O5/c1-19-17-27(35(20(2)36)23-12-10-22(32)11-13-23)24-7-5-6-8-26(24)34(19)29(37)21-9-14-28(25(33)18-21)40-16-15-31(3,4)30(38)39/h5-14,18-19,27H,15-17H2,1-4H3,(H,38,39). The average molecular weight is 567 g/mol. The van der Waals surface area contributed by atoms with Gasteiger partial charge in [-0.15, -0.1) is 0 Å². The lowest BCUT2D eigenvalue weighted by atomic mass is 9.89. The minimum atomic E-state index is -1.01. The molecule has 3 aromatic rings. The lowest BCUT2D eigenvalue weighted by molar-refractivity contribution is -0.147. The van der Waals surface area contributed by atoms with Crippen LogP contribution in [0.5, 0.6) is 5.75 Å². The molecule has 210 valence electrons. The lowest BCUT2D eigenvalue weighted by Crippen LogP contribution is -2.47. The van der Waals surface area contributed by atoms with Crippen molar-refractivity contribution in [3.05, 3.63) is 88.7 Å². The molecule has 0 aliphatic carbocycles. The highest BCUT2D eigenvalue weighted by Crippen LogP contribution is 2.43. The summed E-state index contributed by atoms with van der Waals surface area (Å²) in [6, 6.07) is 17.9. The van der Waals surface area contributed by atoms with Crippen LogP contribution in [0.1, 0.15) is 62.5 Å². The predicted molar refractivity (Wildman–Crippen MR) is 153 cm³/mol. The van der Waals surface area contributed by atoms with Gasteiger partial charge < -0.3 is 19.6 Å². The van der Waals surface area contributed by atoms with E-state index in [9.17, 15) is 23.9 Å². The van der Waals surface area contributed by atoms with Crippen LogP contribution in [0.3, 0.4) is 0 Å². The van der Waals surface area contributed by atoms with Crippen LogP contribution in [-0.4, -0.2) is 35.5 Å². The van der Waals surface area contributed by atoms with Gasteiger partial charge in [0.05, 0.1) is 18.1 Å². The number of carboxylic acids is 1. The van der Waals surface area contributed by atoms with E-state index in [0.717, 1.165) is 11.6 Å². The highest BCUT2D eigenvalue weighted by molar-refractivity contribution is 6.30. The zero-order valence-corrected chi connectivity index (χ0v) is 23.6. The Hall–Kier alpha value is -3.91. The second kappa shape index (κ2) is 11.7. The van der Waals surface area contributed by atoms with Crippen LogP contribution in [0.4, 0.5) is 15.8 Å². The molecule has 4 rings (SSSR count). The molecule has 0 saturated carbocycles. The summed E-state index contributed by atoms with van der Waals surface area (Å²) >= 11 is 6.07. The first kappa shape index (κ1) is 29.1. The fourth-order valence-electron chi connectivity index (χ4n) is 4.93. The molecule has 2 amide bonds. The maximum absolute atomic E-state index is 15.0. The molecule has 0 fully saturated rings. The molecule has 2 atom stereocenters. The summed E-state index contributed by atoms with van der Waals surface area (Å²) in [5.74, 6) is -2.24. The van der Waals surface area contributed by atoms with E-state index in [2.05, 4.69) is 0 Å². The van der Waals surface area contributed by atoms with Crippen molar-refractivity contribution in [2.24, 2.45) is 5.41 Å². The largest absolute Gasteiger partial charge is 0.490 e. The summed E-state index contributed by atoms with van der Waals surface area (Å²) in [5.41, 5.74) is 1.30. The summed E-state index contributed by atoms with van der Waals surface area (Å²) in [5, 5.41) is 9.82. The van der Waals surface area contributed by atoms with E-state index in [1.165, 1.54) is 19.1 Å². The molecule has 0 bridgehead atoms. The number of benzene rings is 3. The number of fused-ring (bicyclic) bond motifs is 1. The number of nitrogens with zero attached hydrogens (tertiary/aromatic N) is 2. The molecule has 9 heteroatoms. The molecule has 40 heavy (non-hydrogen) atoms. The van der Waals surface area contributed by atoms with Gasteiger partial charge in [-0.3, -0.25) is 14.4 Å². The van der Waals surface area contributed by atoms with Gasteiger partial charge in [-0.05, 0) is 87.7 Å². The quantitative estimate of drug-likeness (QED) is 0.321. The Morgan fingerprint density at radius 2 is 1.77 bits per heavy atom. The van der Waals surface area contributed by atoms with Crippen LogP contribution >= 0.6 is 11.6 Å². The molecule has 1 heterocycles. The zero-order chi connectivity index (χ0) is 29.2. The van der Waals surface area contributed by atoms with E-state index in [1.54, 1.807) is 47.9 Å². The van der Waals surface area contributed by atoms with Gasteiger partial charge in [0.25, 0.3) is 5.91 Å². The van der Waals surface area contributed by atoms with Crippen molar-refractivity contribution in [3.63, 3.8) is 0 Å². The Balaban J connectivity index is 1.60. The summed E-state index contributed by atoms with van der Waals surface area (Å²) in [4.78, 5) is 41.2. The molecule has 0 spiro atoms. The van der Waals surface area contributed by atoms with Crippen LogP contribution in [0.2, 0.25) is 5.02 Å². The van der Waals surface area contributed by atoms with Gasteiger partial charge >= 0.3 is 5.97 Å². The van der Waals surface area contributed by atoms with E-state index in [0.29, 0.717) is 22.8 Å². The van der Waals surface area contributed by atoms with Gasteiger partial charge in [-0.2, -0.15) is 0 Å². The van der Waals surface area contributed by atoms with Crippen molar-refractivity contribution in [1.29, 1.82) is 0 Å².